The second-order valence-corrected chi connectivity index (χ2v) is 14.4. The number of aldehydes is 1. The predicted octanol–water partition coefficient (Wildman–Crippen LogP) is 6.29. The summed E-state index contributed by atoms with van der Waals surface area (Å²) in [4.78, 5) is 12.2. The van der Waals surface area contributed by atoms with Gasteiger partial charge in [0.15, 0.2) is 0 Å². The lowest BCUT2D eigenvalue weighted by Crippen LogP contribution is -2.65. The average molecular weight is 622 g/mol. The van der Waals surface area contributed by atoms with Crippen LogP contribution in [0.3, 0.4) is 0 Å². The Kier molecular flexibility index (Phi) is 12.8. The molecule has 0 heterocycles. The maximum atomic E-state index is 12.7. The van der Waals surface area contributed by atoms with E-state index in [4.69, 9.17) is 0 Å². The number of hydrogen-bond acceptors (Lipinski definition) is 6. The van der Waals surface area contributed by atoms with Crippen molar-refractivity contribution >= 4 is 6.29 Å². The first-order valence-corrected chi connectivity index (χ1v) is 17.5. The standard InChI is InChI=1S/C39H59NO5/c1-27(2)10-8-13-30(29-11-6-5-7-12-29)14-9-15-33(26-43)34-18-20-39(37(34)44)36-31(19-23-41)16-17-32(35(36)28(3)25-42)24-38(39,45)21-22-40-4/h9-10,14-17,25,31-32,34,36-37,40-41,43-45H,5-8,11-13,18-24,26H2,1-4H3. The predicted molar refractivity (Wildman–Crippen MR) is 182 cm³/mol. The number of nitrogens with one attached hydrogen (secondary N) is 1. The molecule has 6 nitrogen and oxygen atoms in total. The zero-order chi connectivity index (χ0) is 32.6. The summed E-state index contributed by atoms with van der Waals surface area (Å²) in [5.74, 6) is -0.763. The molecule has 0 aromatic heterocycles. The molecule has 0 radical (unpaired) electrons. The van der Waals surface area contributed by atoms with Crippen LogP contribution in [0.2, 0.25) is 0 Å². The van der Waals surface area contributed by atoms with Crippen LogP contribution in [0.1, 0.15) is 97.8 Å². The van der Waals surface area contributed by atoms with Gasteiger partial charge in [-0.1, -0.05) is 59.6 Å². The fourth-order valence-electron chi connectivity index (χ4n) is 9.39. The van der Waals surface area contributed by atoms with Gasteiger partial charge in [0.05, 0.1) is 18.3 Å². The number of aliphatic hydroxyl groups is 4. The quantitative estimate of drug-likeness (QED) is 0.0716. The first-order valence-electron chi connectivity index (χ1n) is 17.5. The molecule has 3 fully saturated rings. The van der Waals surface area contributed by atoms with Crippen LogP contribution >= 0.6 is 0 Å². The van der Waals surface area contributed by atoms with E-state index < -0.39 is 17.1 Å². The highest BCUT2D eigenvalue weighted by molar-refractivity contribution is 5.74. The van der Waals surface area contributed by atoms with E-state index in [1.807, 2.05) is 20.0 Å². The fourth-order valence-corrected chi connectivity index (χ4v) is 9.39. The first-order chi connectivity index (χ1) is 21.7. The van der Waals surface area contributed by atoms with Gasteiger partial charge in [-0.3, -0.25) is 4.79 Å². The van der Waals surface area contributed by atoms with Crippen molar-refractivity contribution in [3.63, 3.8) is 0 Å². The smallest absolute Gasteiger partial charge is 0.145 e. The maximum Gasteiger partial charge on any atom is 0.145 e. The Morgan fingerprint density at radius 3 is 2.51 bits per heavy atom. The van der Waals surface area contributed by atoms with Crippen LogP contribution < -0.4 is 5.32 Å². The average Bonchev–Trinajstić information content (AvgIpc) is 3.38. The van der Waals surface area contributed by atoms with Crippen molar-refractivity contribution < 1.29 is 25.2 Å². The summed E-state index contributed by atoms with van der Waals surface area (Å²) in [5, 5.41) is 49.1. The summed E-state index contributed by atoms with van der Waals surface area (Å²) in [6, 6.07) is 0. The molecule has 7 atom stereocenters. The number of aliphatic hydroxyl groups excluding tert-OH is 3. The Balaban J connectivity index is 1.73. The van der Waals surface area contributed by atoms with Gasteiger partial charge in [0.2, 0.25) is 0 Å². The van der Waals surface area contributed by atoms with Crippen LogP contribution in [-0.4, -0.2) is 65.2 Å². The van der Waals surface area contributed by atoms with E-state index in [-0.39, 0.29) is 36.9 Å². The van der Waals surface area contributed by atoms with Crippen LogP contribution in [0.5, 0.6) is 0 Å². The van der Waals surface area contributed by atoms with Crippen LogP contribution in [-0.2, 0) is 4.79 Å². The third-order valence-corrected chi connectivity index (χ3v) is 11.5. The lowest BCUT2D eigenvalue weighted by molar-refractivity contribution is -0.194. The first kappa shape index (κ1) is 35.8. The van der Waals surface area contributed by atoms with Gasteiger partial charge in [-0.05, 0) is 134 Å². The molecule has 2 bridgehead atoms. The van der Waals surface area contributed by atoms with E-state index >= 15 is 0 Å². The van der Waals surface area contributed by atoms with Crippen LogP contribution in [0.15, 0.2) is 69.9 Å². The third-order valence-electron chi connectivity index (χ3n) is 11.5. The normalized spacial score (nSPS) is 34.4. The highest BCUT2D eigenvalue weighted by Crippen LogP contribution is 2.67. The summed E-state index contributed by atoms with van der Waals surface area (Å²) in [7, 11) is 1.87. The molecule has 4 aliphatic carbocycles. The van der Waals surface area contributed by atoms with E-state index in [1.54, 1.807) is 5.57 Å². The lowest BCUT2D eigenvalue weighted by atomic mass is 9.45. The second-order valence-electron chi connectivity index (χ2n) is 14.4. The van der Waals surface area contributed by atoms with Crippen molar-refractivity contribution in [3.8, 4) is 0 Å². The summed E-state index contributed by atoms with van der Waals surface area (Å²) in [5.41, 5.74) is 4.65. The zero-order valence-electron chi connectivity index (χ0n) is 28.2. The molecule has 0 aromatic rings. The van der Waals surface area contributed by atoms with Gasteiger partial charge < -0.3 is 25.7 Å². The minimum absolute atomic E-state index is 0.00776. The summed E-state index contributed by atoms with van der Waals surface area (Å²) in [6.45, 7) is 6.56. The molecule has 0 aliphatic heterocycles. The maximum absolute atomic E-state index is 12.7. The fraction of sp³-hybridized carbons (Fsp3) is 0.667. The molecule has 7 unspecified atom stereocenters. The van der Waals surface area contributed by atoms with Crippen LogP contribution in [0, 0.1) is 29.1 Å². The molecular formula is C39H59NO5. The third kappa shape index (κ3) is 7.41. The summed E-state index contributed by atoms with van der Waals surface area (Å²) in [6.07, 6.45) is 23.6. The number of carbonyl (C=O) groups is 1. The van der Waals surface area contributed by atoms with Gasteiger partial charge in [-0.2, -0.15) is 0 Å². The Hall–Kier alpha value is -2.09. The lowest BCUT2D eigenvalue weighted by Gasteiger charge is -2.61. The number of hydrogen-bond donors (Lipinski definition) is 5. The van der Waals surface area contributed by atoms with Crippen LogP contribution in [0.4, 0.5) is 0 Å². The van der Waals surface area contributed by atoms with Gasteiger partial charge in [0.1, 0.15) is 6.29 Å². The minimum Gasteiger partial charge on any atom is -0.396 e. The van der Waals surface area contributed by atoms with E-state index in [0.717, 1.165) is 43.1 Å². The van der Waals surface area contributed by atoms with Crippen molar-refractivity contribution in [1.82, 2.24) is 5.32 Å². The Morgan fingerprint density at radius 2 is 1.87 bits per heavy atom. The molecule has 1 spiro atoms. The molecule has 45 heavy (non-hydrogen) atoms. The summed E-state index contributed by atoms with van der Waals surface area (Å²) >= 11 is 0. The van der Waals surface area contributed by atoms with Gasteiger partial charge in [0.25, 0.3) is 0 Å². The molecule has 0 aromatic carbocycles. The van der Waals surface area contributed by atoms with Crippen LogP contribution in [0.25, 0.3) is 0 Å². The Morgan fingerprint density at radius 1 is 1.11 bits per heavy atom. The molecule has 3 saturated carbocycles. The van der Waals surface area contributed by atoms with E-state index in [9.17, 15) is 25.2 Å². The van der Waals surface area contributed by atoms with Crippen molar-refractivity contribution in [3.05, 3.63) is 69.9 Å². The van der Waals surface area contributed by atoms with Crippen molar-refractivity contribution in [2.24, 2.45) is 29.1 Å². The highest BCUT2D eigenvalue weighted by Gasteiger charge is 2.68. The Bertz CT molecular complexity index is 1210. The number of allylic oxidation sites excluding steroid dienone is 11. The zero-order valence-corrected chi connectivity index (χ0v) is 28.2. The molecule has 0 amide bonds. The van der Waals surface area contributed by atoms with E-state index in [0.29, 0.717) is 44.2 Å². The molecule has 4 aliphatic rings. The topological polar surface area (TPSA) is 110 Å². The second kappa shape index (κ2) is 16.1. The number of fused-ring (bicyclic) bond motifs is 3. The monoisotopic (exact) mass is 621 g/mol. The summed E-state index contributed by atoms with van der Waals surface area (Å²) < 4.78 is 0. The van der Waals surface area contributed by atoms with Crippen molar-refractivity contribution in [2.45, 2.75) is 110 Å². The van der Waals surface area contributed by atoms with Crippen molar-refractivity contribution in [1.29, 1.82) is 0 Å². The van der Waals surface area contributed by atoms with Gasteiger partial charge in [-0.25, -0.2) is 0 Å². The van der Waals surface area contributed by atoms with Crippen molar-refractivity contribution in [2.75, 3.05) is 26.8 Å². The van der Waals surface area contributed by atoms with E-state index in [1.165, 1.54) is 30.4 Å². The molecule has 250 valence electrons. The van der Waals surface area contributed by atoms with Gasteiger partial charge in [0, 0.05) is 23.9 Å². The molecule has 5 N–H and O–H groups in total. The number of carbonyl (C=O) groups excluding carboxylic acids is 1. The minimum atomic E-state index is -1.18. The van der Waals surface area contributed by atoms with Gasteiger partial charge in [-0.15, -0.1) is 0 Å². The van der Waals surface area contributed by atoms with Gasteiger partial charge >= 0.3 is 0 Å². The molecule has 4 rings (SSSR count). The molecule has 6 heteroatoms. The highest BCUT2D eigenvalue weighted by atomic mass is 16.3. The SMILES string of the molecule is CNCCC1(O)CC2C=CC(CCO)C(C2=C(C)C=O)C12CCC(C(=CC=CC(CCC=C(C)C)=C1CCCCC1)CO)C2O. The molecule has 0 saturated heterocycles. The number of rotatable bonds is 13. The Labute approximate surface area is 271 Å². The van der Waals surface area contributed by atoms with E-state index in [2.05, 4.69) is 49.5 Å². The largest absolute Gasteiger partial charge is 0.396 e. The molecular weight excluding hydrogens is 562 g/mol.